The smallest absolute Gasteiger partial charge is 0.414 e. The highest BCUT2D eigenvalue weighted by molar-refractivity contribution is 6.30. The van der Waals surface area contributed by atoms with Gasteiger partial charge in [0.25, 0.3) is 0 Å². The molecule has 2 aliphatic heterocycles. The first kappa shape index (κ1) is 22.7. The molecule has 2 saturated heterocycles. The Morgan fingerprint density at radius 2 is 1.85 bits per heavy atom. The van der Waals surface area contributed by atoms with Crippen LogP contribution in [-0.4, -0.2) is 73.3 Å². The number of hydrogen-bond donors (Lipinski definition) is 2. The number of nitrogens with one attached hydrogen (secondary N) is 2. The zero-order valence-electron chi connectivity index (χ0n) is 18.2. The van der Waals surface area contributed by atoms with E-state index in [4.69, 9.17) is 16.3 Å². The molecule has 33 heavy (non-hydrogen) atoms. The summed E-state index contributed by atoms with van der Waals surface area (Å²) in [6, 6.07) is 10.5. The largest absolute Gasteiger partial charge is 0.442 e. The summed E-state index contributed by atoms with van der Waals surface area (Å²) in [6.07, 6.45) is 0.783. The van der Waals surface area contributed by atoms with E-state index in [9.17, 15) is 14.4 Å². The van der Waals surface area contributed by atoms with Crippen LogP contribution in [0.15, 0.2) is 42.6 Å². The van der Waals surface area contributed by atoms with Crippen molar-refractivity contribution in [2.75, 3.05) is 54.4 Å². The summed E-state index contributed by atoms with van der Waals surface area (Å²) in [5.41, 5.74) is 1.33. The molecule has 0 spiro atoms. The minimum atomic E-state index is -0.458. The van der Waals surface area contributed by atoms with Crippen molar-refractivity contribution in [1.29, 1.82) is 0 Å². The van der Waals surface area contributed by atoms with Crippen LogP contribution in [0.5, 0.6) is 0 Å². The maximum atomic E-state index is 12.5. The summed E-state index contributed by atoms with van der Waals surface area (Å²) in [6.45, 7) is 4.46. The summed E-state index contributed by atoms with van der Waals surface area (Å²) >= 11 is 5.88. The monoisotopic (exact) mass is 472 g/mol. The molecule has 1 aromatic carbocycles. The lowest BCUT2D eigenvalue weighted by molar-refractivity contribution is -0.119. The van der Waals surface area contributed by atoms with Gasteiger partial charge in [-0.05, 0) is 36.4 Å². The third-order valence-electron chi connectivity index (χ3n) is 5.48. The molecule has 4 amide bonds. The van der Waals surface area contributed by atoms with Crippen LogP contribution in [0, 0.1) is 0 Å². The summed E-state index contributed by atoms with van der Waals surface area (Å²) in [5, 5.41) is 6.15. The van der Waals surface area contributed by atoms with Gasteiger partial charge in [-0.2, -0.15) is 0 Å². The van der Waals surface area contributed by atoms with Gasteiger partial charge >= 0.3 is 12.1 Å². The Hall–Kier alpha value is -3.53. The highest BCUT2D eigenvalue weighted by Gasteiger charge is 2.32. The lowest BCUT2D eigenvalue weighted by atomic mass is 10.3. The first-order chi connectivity index (χ1) is 15.9. The van der Waals surface area contributed by atoms with E-state index in [-0.39, 0.29) is 18.5 Å². The maximum Gasteiger partial charge on any atom is 0.414 e. The fraction of sp³-hybridized carbons (Fsp3) is 0.364. The number of carbonyl (C=O) groups excluding carboxylic acids is 3. The maximum absolute atomic E-state index is 12.5. The second-order valence-electron chi connectivity index (χ2n) is 7.84. The molecule has 0 aliphatic carbocycles. The number of aromatic nitrogens is 1. The number of rotatable bonds is 5. The van der Waals surface area contributed by atoms with Gasteiger partial charge in [-0.1, -0.05) is 11.6 Å². The van der Waals surface area contributed by atoms with Crippen molar-refractivity contribution in [2.45, 2.75) is 13.0 Å². The van der Waals surface area contributed by atoms with Crippen LogP contribution in [0.25, 0.3) is 0 Å². The molecule has 10 nitrogen and oxygen atoms in total. The number of hydrogen-bond acceptors (Lipinski definition) is 6. The van der Waals surface area contributed by atoms with Crippen LogP contribution in [-0.2, 0) is 9.53 Å². The molecule has 1 aromatic heterocycles. The van der Waals surface area contributed by atoms with Gasteiger partial charge in [-0.25, -0.2) is 14.6 Å². The quantitative estimate of drug-likeness (QED) is 0.692. The van der Waals surface area contributed by atoms with Crippen molar-refractivity contribution >= 4 is 46.8 Å². The number of urea groups is 1. The van der Waals surface area contributed by atoms with Crippen LogP contribution < -0.4 is 20.4 Å². The van der Waals surface area contributed by atoms with Gasteiger partial charge in [0.15, 0.2) is 0 Å². The number of cyclic esters (lactones) is 1. The number of benzene rings is 1. The van der Waals surface area contributed by atoms with Crippen molar-refractivity contribution in [1.82, 2.24) is 15.2 Å². The average molecular weight is 473 g/mol. The molecular formula is C22H25ClN6O4. The average Bonchev–Trinajstić information content (AvgIpc) is 3.20. The molecule has 2 fully saturated rings. The Kier molecular flexibility index (Phi) is 6.83. The molecule has 2 aromatic rings. The molecular weight excluding hydrogens is 448 g/mol. The van der Waals surface area contributed by atoms with E-state index in [1.165, 1.54) is 11.8 Å². The van der Waals surface area contributed by atoms with E-state index in [1.54, 1.807) is 35.4 Å². The molecule has 2 N–H and O–H groups in total. The summed E-state index contributed by atoms with van der Waals surface area (Å²) in [7, 11) is 0. The zero-order valence-corrected chi connectivity index (χ0v) is 18.9. The minimum absolute atomic E-state index is 0.151. The normalized spacial score (nSPS) is 18.2. The number of amides is 4. The van der Waals surface area contributed by atoms with Crippen LogP contribution in [0.1, 0.15) is 6.92 Å². The van der Waals surface area contributed by atoms with Gasteiger partial charge in [0.1, 0.15) is 11.9 Å². The number of piperazine rings is 1. The van der Waals surface area contributed by atoms with Crippen molar-refractivity contribution in [3.05, 3.63) is 47.6 Å². The Bertz CT molecular complexity index is 1010. The van der Waals surface area contributed by atoms with E-state index in [0.29, 0.717) is 49.1 Å². The molecule has 0 unspecified atom stereocenters. The van der Waals surface area contributed by atoms with E-state index in [2.05, 4.69) is 20.5 Å². The topological polar surface area (TPSA) is 107 Å². The fourth-order valence-electron chi connectivity index (χ4n) is 3.70. The number of ether oxygens (including phenoxy) is 1. The highest BCUT2D eigenvalue weighted by Crippen LogP contribution is 2.23. The van der Waals surface area contributed by atoms with Gasteiger partial charge in [0.2, 0.25) is 5.91 Å². The Labute approximate surface area is 196 Å². The SMILES string of the molecule is CC(=O)NC[C@H]1CN(c2ccc(N3CCN(C(=O)Nc4ccc(Cl)cc4)CC3)nc2)C(=O)O1. The van der Waals surface area contributed by atoms with Gasteiger partial charge < -0.3 is 25.2 Å². The van der Waals surface area contributed by atoms with Crippen LogP contribution in [0.2, 0.25) is 5.02 Å². The molecule has 0 saturated carbocycles. The molecule has 3 heterocycles. The van der Waals surface area contributed by atoms with Crippen molar-refractivity contribution in [3.63, 3.8) is 0 Å². The molecule has 174 valence electrons. The first-order valence-corrected chi connectivity index (χ1v) is 11.0. The van der Waals surface area contributed by atoms with Crippen molar-refractivity contribution in [3.8, 4) is 0 Å². The molecule has 4 rings (SSSR count). The predicted octanol–water partition coefficient (Wildman–Crippen LogP) is 2.55. The van der Waals surface area contributed by atoms with Gasteiger partial charge in [-0.3, -0.25) is 9.69 Å². The molecule has 1 atom stereocenters. The summed E-state index contributed by atoms with van der Waals surface area (Å²) < 4.78 is 5.29. The molecule has 11 heteroatoms. The van der Waals surface area contributed by atoms with Gasteiger partial charge in [0, 0.05) is 43.8 Å². The third kappa shape index (κ3) is 5.64. The Morgan fingerprint density at radius 1 is 1.12 bits per heavy atom. The number of carbonyl (C=O) groups is 3. The van der Waals surface area contributed by atoms with Crippen LogP contribution in [0.3, 0.4) is 0 Å². The number of nitrogens with zero attached hydrogens (tertiary/aromatic N) is 4. The molecule has 2 aliphatic rings. The number of halogens is 1. The van der Waals surface area contributed by atoms with Gasteiger partial charge in [0.05, 0.1) is 25.0 Å². The fourth-order valence-corrected chi connectivity index (χ4v) is 3.82. The standard InChI is InChI=1S/C22H25ClN6O4/c1-15(30)24-13-19-14-29(22(32)33-19)18-6-7-20(25-12-18)27-8-10-28(11-9-27)21(31)26-17-4-2-16(23)3-5-17/h2-7,12,19H,8-11,13-14H2,1H3,(H,24,30)(H,26,31)/t19-/m0/s1. The second kappa shape index (κ2) is 9.95. The van der Waals surface area contributed by atoms with Gasteiger partial charge in [-0.15, -0.1) is 0 Å². The highest BCUT2D eigenvalue weighted by atomic mass is 35.5. The number of pyridine rings is 1. The van der Waals surface area contributed by atoms with Crippen LogP contribution >= 0.6 is 11.6 Å². The minimum Gasteiger partial charge on any atom is -0.442 e. The van der Waals surface area contributed by atoms with E-state index in [0.717, 1.165) is 5.82 Å². The van der Waals surface area contributed by atoms with E-state index < -0.39 is 12.2 Å². The zero-order chi connectivity index (χ0) is 23.4. The Morgan fingerprint density at radius 3 is 2.48 bits per heavy atom. The summed E-state index contributed by atoms with van der Waals surface area (Å²) in [5.74, 6) is 0.608. The molecule has 0 radical (unpaired) electrons. The lowest BCUT2D eigenvalue weighted by Crippen LogP contribution is -2.50. The van der Waals surface area contributed by atoms with Crippen LogP contribution in [0.4, 0.5) is 26.8 Å². The lowest BCUT2D eigenvalue weighted by Gasteiger charge is -2.35. The first-order valence-electron chi connectivity index (χ1n) is 10.6. The second-order valence-corrected chi connectivity index (χ2v) is 8.28. The van der Waals surface area contributed by atoms with E-state index in [1.807, 2.05) is 12.1 Å². The Balaban J connectivity index is 1.28. The predicted molar refractivity (Wildman–Crippen MR) is 125 cm³/mol. The third-order valence-corrected chi connectivity index (χ3v) is 5.74. The number of anilines is 3. The summed E-state index contributed by atoms with van der Waals surface area (Å²) in [4.78, 5) is 45.6. The molecule has 0 bridgehead atoms. The van der Waals surface area contributed by atoms with E-state index >= 15 is 0 Å². The van der Waals surface area contributed by atoms with Crippen molar-refractivity contribution in [2.24, 2.45) is 0 Å². The van der Waals surface area contributed by atoms with Crippen molar-refractivity contribution < 1.29 is 19.1 Å².